The van der Waals surface area contributed by atoms with E-state index < -0.39 is 0 Å². The Morgan fingerprint density at radius 1 is 0.895 bits per heavy atom. The van der Waals surface area contributed by atoms with Gasteiger partial charge in [0.1, 0.15) is 11.6 Å². The molecule has 0 aliphatic rings. The van der Waals surface area contributed by atoms with E-state index in [1.165, 1.54) is 42.5 Å². The number of carbonyl (C=O) groups is 1. The van der Waals surface area contributed by atoms with Crippen molar-refractivity contribution in [3.8, 4) is 0 Å². The van der Waals surface area contributed by atoms with E-state index >= 15 is 0 Å². The molecule has 2 rings (SSSR count). The Morgan fingerprint density at radius 2 is 1.42 bits per heavy atom. The van der Waals surface area contributed by atoms with Crippen molar-refractivity contribution < 1.29 is 13.6 Å². The van der Waals surface area contributed by atoms with Gasteiger partial charge in [-0.05, 0) is 48.0 Å². The average molecular weight is 259 g/mol. The molecular weight excluding hydrogens is 248 g/mol. The van der Waals surface area contributed by atoms with Crippen LogP contribution in [0.25, 0.3) is 6.08 Å². The molecule has 0 fully saturated rings. The van der Waals surface area contributed by atoms with E-state index in [1.54, 1.807) is 18.2 Å². The Morgan fingerprint density at radius 3 is 2.00 bits per heavy atom. The number of benzene rings is 2. The summed E-state index contributed by atoms with van der Waals surface area (Å²) >= 11 is 0. The van der Waals surface area contributed by atoms with E-state index in [4.69, 9.17) is 0 Å². The maximum Gasteiger partial charge on any atom is 0.248 e. The Bertz CT molecular complexity index is 589. The third kappa shape index (κ3) is 4.03. The van der Waals surface area contributed by atoms with Gasteiger partial charge in [0.2, 0.25) is 5.91 Å². The van der Waals surface area contributed by atoms with E-state index in [1.807, 2.05) is 0 Å². The zero-order valence-corrected chi connectivity index (χ0v) is 9.94. The van der Waals surface area contributed by atoms with Crippen LogP contribution in [0.3, 0.4) is 0 Å². The van der Waals surface area contributed by atoms with Crippen LogP contribution in [-0.2, 0) is 4.79 Å². The summed E-state index contributed by atoms with van der Waals surface area (Å²) in [6, 6.07) is 11.2. The van der Waals surface area contributed by atoms with Crippen LogP contribution in [0.1, 0.15) is 5.56 Å². The molecule has 0 heterocycles. The number of hydrogen-bond acceptors (Lipinski definition) is 1. The molecule has 2 nitrogen and oxygen atoms in total. The van der Waals surface area contributed by atoms with Crippen molar-refractivity contribution in [3.05, 3.63) is 71.8 Å². The first-order chi connectivity index (χ1) is 9.13. The van der Waals surface area contributed by atoms with Gasteiger partial charge in [0, 0.05) is 11.8 Å². The topological polar surface area (TPSA) is 29.1 Å². The Hall–Kier alpha value is -2.49. The van der Waals surface area contributed by atoms with Crippen molar-refractivity contribution in [1.82, 2.24) is 0 Å². The minimum Gasteiger partial charge on any atom is -0.323 e. The number of rotatable bonds is 3. The molecule has 0 aromatic heterocycles. The molecule has 2 aromatic rings. The smallest absolute Gasteiger partial charge is 0.248 e. The van der Waals surface area contributed by atoms with Crippen molar-refractivity contribution in [2.24, 2.45) is 0 Å². The summed E-state index contributed by atoms with van der Waals surface area (Å²) in [5, 5.41) is 2.58. The van der Waals surface area contributed by atoms with Gasteiger partial charge in [-0.25, -0.2) is 8.78 Å². The van der Waals surface area contributed by atoms with Gasteiger partial charge >= 0.3 is 0 Å². The zero-order chi connectivity index (χ0) is 13.7. The number of anilines is 1. The van der Waals surface area contributed by atoms with E-state index in [-0.39, 0.29) is 17.5 Å². The van der Waals surface area contributed by atoms with Crippen LogP contribution in [0.15, 0.2) is 54.6 Å². The van der Waals surface area contributed by atoms with Gasteiger partial charge in [0.25, 0.3) is 0 Å². The number of nitrogens with one attached hydrogen (secondary N) is 1. The van der Waals surface area contributed by atoms with Crippen LogP contribution in [-0.4, -0.2) is 5.91 Å². The first-order valence-corrected chi connectivity index (χ1v) is 5.64. The van der Waals surface area contributed by atoms with Gasteiger partial charge in [-0.15, -0.1) is 0 Å². The molecule has 96 valence electrons. The van der Waals surface area contributed by atoms with E-state index in [9.17, 15) is 13.6 Å². The molecule has 4 heteroatoms. The van der Waals surface area contributed by atoms with Gasteiger partial charge in [-0.1, -0.05) is 12.1 Å². The minimum atomic E-state index is -0.361. The fraction of sp³-hybridized carbons (Fsp3) is 0. The lowest BCUT2D eigenvalue weighted by Crippen LogP contribution is -2.07. The summed E-state index contributed by atoms with van der Waals surface area (Å²) in [5.41, 5.74) is 1.23. The molecule has 0 radical (unpaired) electrons. The molecule has 19 heavy (non-hydrogen) atoms. The van der Waals surface area contributed by atoms with Crippen molar-refractivity contribution in [3.63, 3.8) is 0 Å². The van der Waals surface area contributed by atoms with E-state index in [2.05, 4.69) is 5.32 Å². The van der Waals surface area contributed by atoms with Crippen molar-refractivity contribution in [2.45, 2.75) is 0 Å². The lowest BCUT2D eigenvalue weighted by molar-refractivity contribution is -0.111. The van der Waals surface area contributed by atoms with Crippen LogP contribution in [0.5, 0.6) is 0 Å². The Kier molecular flexibility index (Phi) is 4.03. The van der Waals surface area contributed by atoms with Crippen LogP contribution in [0.2, 0.25) is 0 Å². The second-order valence-electron chi connectivity index (χ2n) is 3.88. The number of halogens is 2. The second-order valence-corrected chi connectivity index (χ2v) is 3.88. The van der Waals surface area contributed by atoms with Crippen molar-refractivity contribution in [2.75, 3.05) is 5.32 Å². The molecule has 2 aromatic carbocycles. The molecule has 0 atom stereocenters. The van der Waals surface area contributed by atoms with Gasteiger partial charge in [0.15, 0.2) is 0 Å². The summed E-state index contributed by atoms with van der Waals surface area (Å²) in [7, 11) is 0. The Balaban J connectivity index is 1.97. The highest BCUT2D eigenvalue weighted by atomic mass is 19.1. The zero-order valence-electron chi connectivity index (χ0n) is 9.94. The molecular formula is C15H11F2NO. The maximum absolute atomic E-state index is 12.7. The van der Waals surface area contributed by atoms with Crippen LogP contribution < -0.4 is 5.32 Å². The summed E-state index contributed by atoms with van der Waals surface area (Å²) in [5.74, 6) is -1.02. The normalized spacial score (nSPS) is 10.6. The van der Waals surface area contributed by atoms with Crippen LogP contribution in [0, 0.1) is 11.6 Å². The van der Waals surface area contributed by atoms with Crippen molar-refractivity contribution in [1.29, 1.82) is 0 Å². The molecule has 0 spiro atoms. The van der Waals surface area contributed by atoms with Crippen molar-refractivity contribution >= 4 is 17.7 Å². The summed E-state index contributed by atoms with van der Waals surface area (Å²) < 4.78 is 25.3. The third-order valence-electron chi connectivity index (χ3n) is 2.41. The summed E-state index contributed by atoms with van der Waals surface area (Å²) in [4.78, 5) is 11.6. The minimum absolute atomic E-state index is 0.326. The summed E-state index contributed by atoms with van der Waals surface area (Å²) in [6.07, 6.45) is 2.90. The predicted molar refractivity (Wildman–Crippen MR) is 70.5 cm³/mol. The van der Waals surface area contributed by atoms with E-state index in [0.29, 0.717) is 5.69 Å². The standard InChI is InChI=1S/C15H11F2NO/c16-12-4-1-11(2-5-12)3-10-15(19)18-14-8-6-13(17)7-9-14/h1-10H,(H,18,19)/b10-3+. The van der Waals surface area contributed by atoms with Gasteiger partial charge in [0.05, 0.1) is 0 Å². The monoisotopic (exact) mass is 259 g/mol. The maximum atomic E-state index is 12.7. The fourth-order valence-electron chi connectivity index (χ4n) is 1.46. The SMILES string of the molecule is O=C(/C=C/c1ccc(F)cc1)Nc1ccc(F)cc1. The van der Waals surface area contributed by atoms with Gasteiger partial charge in [-0.3, -0.25) is 4.79 Å². The number of amides is 1. The van der Waals surface area contributed by atoms with Crippen LogP contribution >= 0.6 is 0 Å². The molecule has 0 bridgehead atoms. The number of hydrogen-bond donors (Lipinski definition) is 1. The number of carbonyl (C=O) groups excluding carboxylic acids is 1. The predicted octanol–water partition coefficient (Wildman–Crippen LogP) is 3.62. The van der Waals surface area contributed by atoms with Crippen LogP contribution in [0.4, 0.5) is 14.5 Å². The lowest BCUT2D eigenvalue weighted by Gasteiger charge is -2.01. The van der Waals surface area contributed by atoms with Gasteiger partial charge < -0.3 is 5.32 Å². The highest BCUT2D eigenvalue weighted by Gasteiger charge is 1.98. The summed E-state index contributed by atoms with van der Waals surface area (Å²) in [6.45, 7) is 0. The lowest BCUT2D eigenvalue weighted by atomic mass is 10.2. The molecule has 0 unspecified atom stereocenters. The molecule has 1 amide bonds. The molecule has 0 saturated heterocycles. The molecule has 0 aliphatic heterocycles. The fourth-order valence-corrected chi connectivity index (χ4v) is 1.46. The first kappa shape index (κ1) is 13.0. The third-order valence-corrected chi connectivity index (χ3v) is 2.41. The quantitative estimate of drug-likeness (QED) is 0.838. The van der Waals surface area contributed by atoms with Gasteiger partial charge in [-0.2, -0.15) is 0 Å². The first-order valence-electron chi connectivity index (χ1n) is 5.64. The highest BCUT2D eigenvalue weighted by molar-refractivity contribution is 6.01. The molecule has 1 N–H and O–H groups in total. The largest absolute Gasteiger partial charge is 0.323 e. The molecule has 0 saturated carbocycles. The average Bonchev–Trinajstić information content (AvgIpc) is 2.41. The second kappa shape index (κ2) is 5.91. The highest BCUT2D eigenvalue weighted by Crippen LogP contribution is 2.09. The Labute approximate surface area is 109 Å². The molecule has 0 aliphatic carbocycles. The van der Waals surface area contributed by atoms with E-state index in [0.717, 1.165) is 5.56 Å².